The summed E-state index contributed by atoms with van der Waals surface area (Å²) in [6.07, 6.45) is 19.9. The molecule has 0 saturated carbocycles. The summed E-state index contributed by atoms with van der Waals surface area (Å²) >= 11 is 0. The van der Waals surface area contributed by atoms with Crippen LogP contribution < -0.4 is 63.3 Å². The number of rotatable bonds is 16. The Morgan fingerprint density at radius 2 is 0.905 bits per heavy atom. The average molecular weight is 369 g/mol. The van der Waals surface area contributed by atoms with Crippen LogP contribution in [-0.2, 0) is 4.79 Å². The first-order valence-electron chi connectivity index (χ1n) is 8.97. The Labute approximate surface area is 181 Å². The van der Waals surface area contributed by atoms with Crippen LogP contribution in [0.5, 0.6) is 0 Å². The van der Waals surface area contributed by atoms with Crippen molar-refractivity contribution in [2.24, 2.45) is 0 Å². The first-order valence-corrected chi connectivity index (χ1v) is 8.97. The number of unbranched alkanes of at least 4 members (excludes halogenated alkanes) is 14. The molecule has 0 rings (SSSR count). The molecule has 0 N–H and O–H groups in total. The second-order valence-corrected chi connectivity index (χ2v) is 6.07. The second-order valence-electron chi connectivity index (χ2n) is 6.07. The van der Waals surface area contributed by atoms with Crippen molar-refractivity contribution in [3.8, 4) is 0 Å². The van der Waals surface area contributed by atoms with E-state index in [1.54, 1.807) is 0 Å². The van der Waals surface area contributed by atoms with Crippen molar-refractivity contribution in [1.82, 2.24) is 0 Å². The van der Waals surface area contributed by atoms with Gasteiger partial charge in [-0.05, 0) is 12.8 Å². The van der Waals surface area contributed by atoms with Gasteiger partial charge in [-0.2, -0.15) is 0 Å². The van der Waals surface area contributed by atoms with Crippen LogP contribution in [0.3, 0.4) is 0 Å². The number of hydrogen-bond acceptors (Lipinski definition) is 2. The summed E-state index contributed by atoms with van der Waals surface area (Å²) in [5.74, 6) is -0.903. The predicted octanol–water partition coefficient (Wildman–Crippen LogP) is 2.00. The molecule has 2 nitrogen and oxygen atoms in total. The topological polar surface area (TPSA) is 40.1 Å². The van der Waals surface area contributed by atoms with E-state index in [1.165, 1.54) is 83.5 Å². The summed E-state index contributed by atoms with van der Waals surface area (Å²) in [6, 6.07) is 0. The first-order chi connectivity index (χ1) is 9.77. The molecule has 0 bridgehead atoms. The first kappa shape index (κ1) is 24.5. The van der Waals surface area contributed by atoms with Gasteiger partial charge in [0.25, 0.3) is 0 Å². The van der Waals surface area contributed by atoms with Crippen LogP contribution in [0, 0.1) is 0 Å². The zero-order valence-corrected chi connectivity index (χ0v) is 19.5. The maximum atomic E-state index is 10.2. The number of carbonyl (C=O) groups is 1. The summed E-state index contributed by atoms with van der Waals surface area (Å²) < 4.78 is 0. The van der Waals surface area contributed by atoms with Crippen LogP contribution in [0.1, 0.15) is 110 Å². The number of aliphatic carboxylic acids is 1. The second kappa shape index (κ2) is 21.3. The third-order valence-electron chi connectivity index (χ3n) is 3.98. The van der Waals surface area contributed by atoms with Gasteiger partial charge in [-0.3, -0.25) is 0 Å². The van der Waals surface area contributed by atoms with Crippen molar-refractivity contribution in [3.63, 3.8) is 0 Å². The van der Waals surface area contributed by atoms with E-state index in [0.29, 0.717) is 0 Å². The molecule has 0 atom stereocenters. The summed E-state index contributed by atoms with van der Waals surface area (Å²) in [5.41, 5.74) is 0. The number of carboxylic acids is 1. The Morgan fingerprint density at radius 1 is 0.619 bits per heavy atom. The van der Waals surface area contributed by atoms with E-state index < -0.39 is 5.97 Å². The standard InChI is InChI=1S/C18H36O2.Rb/c1-2-3-4-5-6-7-8-9-10-11-12-13-14-15-16-17-18(19)20;/h2-17H2,1H3,(H,19,20);/q;+1/p-1. The fourth-order valence-corrected chi connectivity index (χ4v) is 2.64. The van der Waals surface area contributed by atoms with E-state index >= 15 is 0 Å². The monoisotopic (exact) mass is 368 g/mol. The molecule has 120 valence electrons. The zero-order valence-electron chi connectivity index (χ0n) is 14.6. The van der Waals surface area contributed by atoms with Crippen molar-refractivity contribution in [2.45, 2.75) is 110 Å². The fourth-order valence-electron chi connectivity index (χ4n) is 2.64. The molecule has 0 aromatic carbocycles. The molecule has 21 heavy (non-hydrogen) atoms. The normalized spacial score (nSPS) is 10.3. The number of carboxylic acid groups (broad SMARTS) is 1. The SMILES string of the molecule is CCCCCCCCCCCCCCCCCC(=O)[O-].[Rb+]. The number of hydrogen-bond donors (Lipinski definition) is 0. The molecule has 0 spiro atoms. The average Bonchev–Trinajstić information content (AvgIpc) is 2.43. The van der Waals surface area contributed by atoms with Crippen molar-refractivity contribution in [2.75, 3.05) is 0 Å². The van der Waals surface area contributed by atoms with Crippen molar-refractivity contribution >= 4 is 5.97 Å². The quantitative estimate of drug-likeness (QED) is 0.391. The van der Waals surface area contributed by atoms with Crippen LogP contribution in [-0.4, -0.2) is 5.97 Å². The molecule has 0 unspecified atom stereocenters. The molecule has 0 aliphatic heterocycles. The minimum Gasteiger partial charge on any atom is -0.550 e. The summed E-state index contributed by atoms with van der Waals surface area (Å²) in [6.45, 7) is 2.27. The maximum Gasteiger partial charge on any atom is 1.00 e. The van der Waals surface area contributed by atoms with Gasteiger partial charge in [0, 0.05) is 5.97 Å². The van der Waals surface area contributed by atoms with Gasteiger partial charge < -0.3 is 9.90 Å². The third kappa shape index (κ3) is 23.7. The van der Waals surface area contributed by atoms with Crippen molar-refractivity contribution < 1.29 is 68.1 Å². The Kier molecular flexibility index (Phi) is 24.8. The summed E-state index contributed by atoms with van der Waals surface area (Å²) in [5, 5.41) is 10.2. The summed E-state index contributed by atoms with van der Waals surface area (Å²) in [7, 11) is 0. The molecular formula is C18H35O2Rb. The molecule has 0 amide bonds. The van der Waals surface area contributed by atoms with Crippen LogP contribution in [0.2, 0.25) is 0 Å². The van der Waals surface area contributed by atoms with Gasteiger partial charge in [0.2, 0.25) is 0 Å². The van der Waals surface area contributed by atoms with Gasteiger partial charge in [0.1, 0.15) is 0 Å². The van der Waals surface area contributed by atoms with E-state index in [1.807, 2.05) is 0 Å². The molecular weight excluding hydrogens is 334 g/mol. The molecule has 3 heteroatoms. The van der Waals surface area contributed by atoms with Gasteiger partial charge in [0.05, 0.1) is 0 Å². The Balaban J connectivity index is 0. The van der Waals surface area contributed by atoms with E-state index in [4.69, 9.17) is 0 Å². The van der Waals surface area contributed by atoms with E-state index in [0.717, 1.165) is 12.8 Å². The van der Waals surface area contributed by atoms with E-state index in [-0.39, 0.29) is 64.6 Å². The summed E-state index contributed by atoms with van der Waals surface area (Å²) in [4.78, 5) is 10.2. The van der Waals surface area contributed by atoms with E-state index in [9.17, 15) is 9.90 Å². The van der Waals surface area contributed by atoms with Crippen molar-refractivity contribution in [3.05, 3.63) is 0 Å². The Morgan fingerprint density at radius 3 is 1.19 bits per heavy atom. The van der Waals surface area contributed by atoms with Crippen LogP contribution in [0.15, 0.2) is 0 Å². The van der Waals surface area contributed by atoms with Crippen LogP contribution in [0.25, 0.3) is 0 Å². The van der Waals surface area contributed by atoms with Crippen LogP contribution in [0.4, 0.5) is 0 Å². The zero-order chi connectivity index (χ0) is 14.9. The Hall–Kier alpha value is 1.28. The molecule has 0 aromatic rings. The van der Waals surface area contributed by atoms with E-state index in [2.05, 4.69) is 6.92 Å². The minimum atomic E-state index is -0.903. The minimum absolute atomic E-state index is 0. The van der Waals surface area contributed by atoms with Gasteiger partial charge >= 0.3 is 58.2 Å². The Bertz CT molecular complexity index is 207. The third-order valence-corrected chi connectivity index (χ3v) is 3.98. The molecule has 0 saturated heterocycles. The molecule has 0 aromatic heterocycles. The maximum absolute atomic E-state index is 10.2. The fraction of sp³-hybridized carbons (Fsp3) is 0.944. The smallest absolute Gasteiger partial charge is 0.550 e. The number of carbonyl (C=O) groups excluding carboxylic acids is 1. The van der Waals surface area contributed by atoms with Gasteiger partial charge in [-0.1, -0.05) is 96.8 Å². The molecule has 0 heterocycles. The van der Waals surface area contributed by atoms with Gasteiger partial charge in [-0.25, -0.2) is 0 Å². The predicted molar refractivity (Wildman–Crippen MR) is 84.6 cm³/mol. The van der Waals surface area contributed by atoms with Gasteiger partial charge in [-0.15, -0.1) is 0 Å². The molecule has 0 aliphatic rings. The largest absolute Gasteiger partial charge is 1.00 e. The molecule has 0 fully saturated rings. The van der Waals surface area contributed by atoms with Crippen molar-refractivity contribution in [1.29, 1.82) is 0 Å². The molecule has 0 radical (unpaired) electrons. The molecule has 0 aliphatic carbocycles. The van der Waals surface area contributed by atoms with Crippen LogP contribution >= 0.6 is 0 Å². The van der Waals surface area contributed by atoms with Gasteiger partial charge in [0.15, 0.2) is 0 Å².